The minimum atomic E-state index is -5.20. The monoisotopic (exact) mass is 1100 g/mol. The summed E-state index contributed by atoms with van der Waals surface area (Å²) in [6.07, 6.45) is -24.1. The number of phosphoric ester groups is 1. The van der Waals surface area contributed by atoms with Crippen LogP contribution in [0.25, 0.3) is 0 Å². The fourth-order valence-corrected chi connectivity index (χ4v) is 10.6. The first-order valence-corrected chi connectivity index (χ1v) is 27.3. The molecule has 0 aromatic carbocycles. The molecular formula is C41H73N2O26PS2. The van der Waals surface area contributed by atoms with Crippen molar-refractivity contribution >= 4 is 49.1 Å². The number of nitrogens with one attached hydrogen (secondary N) is 2. The molecule has 4 aliphatic rings. The van der Waals surface area contributed by atoms with Crippen molar-refractivity contribution < 1.29 is 127 Å². The summed E-state index contributed by atoms with van der Waals surface area (Å²) in [7, 11) is -3.87. The minimum absolute atomic E-state index is 0.0243. The van der Waals surface area contributed by atoms with Gasteiger partial charge in [-0.15, -0.1) is 0 Å². The highest BCUT2D eigenvalue weighted by Gasteiger charge is 2.53. The number of rotatable bonds is 29. The summed E-state index contributed by atoms with van der Waals surface area (Å²) in [5.41, 5.74) is 0. The lowest BCUT2D eigenvalue weighted by Gasteiger charge is -2.47. The van der Waals surface area contributed by atoms with Crippen LogP contribution in [0, 0.1) is 0 Å². The van der Waals surface area contributed by atoms with Crippen LogP contribution in [-0.2, 0) is 61.4 Å². The minimum Gasteiger partial charge on any atom is -0.469 e. The normalized spacial score (nSPS) is 37.5. The van der Waals surface area contributed by atoms with E-state index < -0.39 is 162 Å². The number of ether oxygens (including phenoxy) is 8. The topological polar surface area (TPSA) is 438 Å². The van der Waals surface area contributed by atoms with E-state index >= 15 is 0 Å². The van der Waals surface area contributed by atoms with E-state index in [-0.39, 0.29) is 24.1 Å². The molecule has 0 spiro atoms. The van der Waals surface area contributed by atoms with Crippen molar-refractivity contribution in [1.82, 2.24) is 10.6 Å². The molecule has 0 unspecified atom stereocenters. The first-order chi connectivity index (χ1) is 34.1. The fraction of sp³-hybridized carbons (Fsp3) is 0.927. The van der Waals surface area contributed by atoms with Crippen LogP contribution in [0.2, 0.25) is 0 Å². The largest absolute Gasteiger partial charge is 0.472 e. The molecule has 0 radical (unpaired) electrons. The smallest absolute Gasteiger partial charge is 0.469 e. The van der Waals surface area contributed by atoms with Crippen molar-refractivity contribution in [2.24, 2.45) is 0 Å². The number of amides is 2. The maximum absolute atomic E-state index is 12.7. The maximum Gasteiger partial charge on any atom is 0.472 e. The zero-order valence-corrected chi connectivity index (χ0v) is 42.3. The number of carbonyl (C=O) groups is 3. The number of esters is 1. The van der Waals surface area contributed by atoms with Gasteiger partial charge in [-0.25, -0.2) is 4.57 Å². The molecule has 4 rings (SSSR count). The van der Waals surface area contributed by atoms with E-state index in [0.717, 1.165) is 44.4 Å². The number of carbonyl (C=O) groups excluding carboxylic acids is 3. The van der Waals surface area contributed by atoms with E-state index in [1.807, 2.05) is 0 Å². The van der Waals surface area contributed by atoms with Gasteiger partial charge in [0, 0.05) is 25.7 Å². The molecule has 0 aliphatic carbocycles. The standard InChI is InChI=1S/C41H73N2O26PS2/c1-19(46)42-26-32(53)28(49)20(14-44)64-38(26)68-37-35(56)31(52)23(17-71-12-9-13-72-18-24(47)43-27-33(54)29(50)21(15-45)65-39(27)69-70(58,59)60)67-41(37)63-16-22-30(51)34(55)36(57)40(66-22)62-11-8-6-4-3-5-7-10-25(48)61-2/h20-23,26-41,44-45,49-57H,3-18H2,1-2H3,(H,42,46)(H,43,47)(H2,58,59,60)/t20-,21-,22-,23-,26-,27-,28-,29-,30-,31-,32-,33-,34+,35+,36+,37+,38+,39-,40-,41+/m1/s1. The Labute approximate surface area is 423 Å². The number of unbranched alkanes of at least 4 members (excludes halogenated alkanes) is 5. The molecule has 28 nitrogen and oxygen atoms in total. The van der Waals surface area contributed by atoms with Gasteiger partial charge in [0.2, 0.25) is 11.8 Å². The van der Waals surface area contributed by atoms with Crippen molar-refractivity contribution in [2.75, 3.05) is 56.5 Å². The Kier molecular flexibility index (Phi) is 27.2. The van der Waals surface area contributed by atoms with Gasteiger partial charge in [-0.3, -0.25) is 18.9 Å². The molecule has 4 aliphatic heterocycles. The van der Waals surface area contributed by atoms with Gasteiger partial charge in [0.15, 0.2) is 25.2 Å². The van der Waals surface area contributed by atoms with Gasteiger partial charge in [0.1, 0.15) is 91.4 Å². The van der Waals surface area contributed by atoms with E-state index in [9.17, 15) is 84.9 Å². The number of thioether (sulfide) groups is 2. The second kappa shape index (κ2) is 31.0. The number of methoxy groups -OCH3 is 1. The van der Waals surface area contributed by atoms with Crippen LogP contribution in [0.3, 0.4) is 0 Å². The predicted molar refractivity (Wildman–Crippen MR) is 246 cm³/mol. The predicted octanol–water partition coefficient (Wildman–Crippen LogP) is -5.60. The Bertz CT molecular complexity index is 1680. The van der Waals surface area contributed by atoms with Crippen LogP contribution in [0.5, 0.6) is 0 Å². The molecule has 4 saturated heterocycles. The average Bonchev–Trinajstić information content (AvgIpc) is 3.33. The number of hydrogen-bond acceptors (Lipinski definition) is 26. The molecule has 0 aromatic heterocycles. The number of hydrogen-bond donors (Lipinski definition) is 15. The van der Waals surface area contributed by atoms with Crippen molar-refractivity contribution in [3.05, 3.63) is 0 Å². The van der Waals surface area contributed by atoms with Crippen LogP contribution in [0.4, 0.5) is 0 Å². The van der Waals surface area contributed by atoms with Crippen LogP contribution in [-0.4, -0.2) is 263 Å². The second-order valence-electron chi connectivity index (χ2n) is 17.6. The lowest BCUT2D eigenvalue weighted by atomic mass is 9.96. The lowest BCUT2D eigenvalue weighted by molar-refractivity contribution is -0.360. The van der Waals surface area contributed by atoms with Gasteiger partial charge in [0.25, 0.3) is 0 Å². The number of aliphatic hydroxyl groups excluding tert-OH is 11. The Balaban J connectivity index is 1.35. The SMILES string of the molecule is COC(=O)CCCCCCCCO[C@@H]1O[C@H](CO[C@H]2O[C@H](CSCCCSCC(=O)N[C@H]3[C@@H](OP(=O)(O)O)O[C@H](CO)[C@@H](O)[C@@H]3O)[C@@H](O)[C@H](O)[C@@H]2O[C@@H]2O[C@H](CO)[C@@H](O)[C@H](O)[C@H]2NC(C)=O)[C@@H](O)[C@H](O)[C@@H]1O. The van der Waals surface area contributed by atoms with Gasteiger partial charge in [-0.2, -0.15) is 23.5 Å². The summed E-state index contributed by atoms with van der Waals surface area (Å²) in [6.45, 7) is -0.991. The van der Waals surface area contributed by atoms with E-state index in [0.29, 0.717) is 37.2 Å². The summed E-state index contributed by atoms with van der Waals surface area (Å²) in [4.78, 5) is 54.7. The Morgan fingerprint density at radius 2 is 1.12 bits per heavy atom. The molecule has 4 fully saturated rings. The van der Waals surface area contributed by atoms with Crippen molar-refractivity contribution in [1.29, 1.82) is 0 Å². The molecule has 15 N–H and O–H groups in total. The van der Waals surface area contributed by atoms with Gasteiger partial charge in [-0.1, -0.05) is 25.7 Å². The highest BCUT2D eigenvalue weighted by molar-refractivity contribution is 8.00. The van der Waals surface area contributed by atoms with Crippen LogP contribution >= 0.6 is 31.3 Å². The molecule has 0 bridgehead atoms. The third-order valence-corrected chi connectivity index (χ3v) is 14.8. The quantitative estimate of drug-likeness (QED) is 0.0189. The molecule has 4 heterocycles. The third kappa shape index (κ3) is 18.9. The average molecular weight is 1110 g/mol. The van der Waals surface area contributed by atoms with Crippen LogP contribution in [0.15, 0.2) is 0 Å². The summed E-state index contributed by atoms with van der Waals surface area (Å²) in [5.74, 6) is -1.06. The fourth-order valence-electron chi connectivity index (χ4n) is 8.14. The Morgan fingerprint density at radius 1 is 0.583 bits per heavy atom. The third-order valence-electron chi connectivity index (χ3n) is 12.1. The summed E-state index contributed by atoms with van der Waals surface area (Å²) in [5, 5.41) is 121. The second-order valence-corrected chi connectivity index (χ2v) is 21.0. The zero-order chi connectivity index (χ0) is 53.3. The molecule has 420 valence electrons. The molecule has 72 heavy (non-hydrogen) atoms. The van der Waals surface area contributed by atoms with Gasteiger partial charge >= 0.3 is 13.8 Å². The highest BCUT2D eigenvalue weighted by atomic mass is 32.2. The van der Waals surface area contributed by atoms with Crippen LogP contribution < -0.4 is 10.6 Å². The molecule has 31 heteroatoms. The first-order valence-electron chi connectivity index (χ1n) is 23.5. The zero-order valence-electron chi connectivity index (χ0n) is 39.7. The molecule has 0 aromatic rings. The Morgan fingerprint density at radius 3 is 1.74 bits per heavy atom. The summed E-state index contributed by atoms with van der Waals surface area (Å²) in [6, 6.07) is -3.09. The molecule has 0 saturated carbocycles. The van der Waals surface area contributed by atoms with E-state index in [1.165, 1.54) is 18.9 Å². The van der Waals surface area contributed by atoms with Gasteiger partial charge in [0.05, 0.1) is 38.8 Å². The van der Waals surface area contributed by atoms with E-state index in [4.69, 9.17) is 33.2 Å². The Hall–Kier alpha value is -1.50. The van der Waals surface area contributed by atoms with Gasteiger partial charge < -0.3 is 114 Å². The van der Waals surface area contributed by atoms with Gasteiger partial charge in [-0.05, 0) is 30.8 Å². The van der Waals surface area contributed by atoms with E-state index in [2.05, 4.69) is 19.9 Å². The van der Waals surface area contributed by atoms with E-state index in [1.54, 1.807) is 0 Å². The first kappa shape index (κ1) is 63.0. The maximum atomic E-state index is 12.7. The van der Waals surface area contributed by atoms with Crippen molar-refractivity contribution in [2.45, 2.75) is 181 Å². The molecular weight excluding hydrogens is 1030 g/mol. The number of aliphatic hydroxyl groups is 11. The number of phosphoric acid groups is 1. The summed E-state index contributed by atoms with van der Waals surface area (Å²) >= 11 is 2.40. The van der Waals surface area contributed by atoms with Crippen molar-refractivity contribution in [3.63, 3.8) is 0 Å². The molecule has 2 amide bonds. The van der Waals surface area contributed by atoms with Crippen molar-refractivity contribution in [3.8, 4) is 0 Å². The highest BCUT2D eigenvalue weighted by Crippen LogP contribution is 2.41. The summed E-state index contributed by atoms with van der Waals surface area (Å²) < 4.78 is 61.2. The lowest BCUT2D eigenvalue weighted by Crippen LogP contribution is -2.67. The van der Waals surface area contributed by atoms with Crippen LogP contribution in [0.1, 0.15) is 58.3 Å². The molecule has 20 atom stereocenters.